The molecule has 0 fully saturated rings. The van der Waals surface area contributed by atoms with Gasteiger partial charge in [0, 0.05) is 22.2 Å². The number of carbonyl (C=O) groups is 1. The molecule has 0 saturated heterocycles. The molecule has 8 heteroatoms. The highest BCUT2D eigenvalue weighted by atomic mass is 35.5. The fourth-order valence-electron chi connectivity index (χ4n) is 2.17. The van der Waals surface area contributed by atoms with Gasteiger partial charge in [-0.2, -0.15) is 0 Å². The van der Waals surface area contributed by atoms with Crippen molar-refractivity contribution in [2.45, 2.75) is 26.0 Å². The van der Waals surface area contributed by atoms with E-state index in [1.807, 2.05) is 0 Å². The first-order valence-corrected chi connectivity index (χ1v) is 8.20. The molecule has 25 heavy (non-hydrogen) atoms. The lowest BCUT2D eigenvalue weighted by molar-refractivity contribution is -0.384. The van der Waals surface area contributed by atoms with Crippen molar-refractivity contribution in [3.63, 3.8) is 0 Å². The predicted octanol–water partition coefficient (Wildman–Crippen LogP) is 4.55. The molecule has 2 aromatic rings. The first-order valence-electron chi connectivity index (χ1n) is 7.44. The van der Waals surface area contributed by atoms with E-state index < -0.39 is 11.0 Å². The summed E-state index contributed by atoms with van der Waals surface area (Å²) in [4.78, 5) is 22.4. The van der Waals surface area contributed by atoms with Crippen molar-refractivity contribution in [2.75, 3.05) is 0 Å². The second kappa shape index (κ2) is 8.18. The van der Waals surface area contributed by atoms with E-state index in [1.165, 1.54) is 24.3 Å². The molecule has 0 bridgehead atoms. The average Bonchev–Trinajstić information content (AvgIpc) is 2.55. The van der Waals surface area contributed by atoms with Crippen LogP contribution in [0.25, 0.3) is 0 Å². The van der Waals surface area contributed by atoms with Crippen molar-refractivity contribution in [1.29, 1.82) is 0 Å². The molecule has 0 saturated carbocycles. The minimum Gasteiger partial charge on any atom is -0.481 e. The summed E-state index contributed by atoms with van der Waals surface area (Å²) in [7, 11) is 0. The van der Waals surface area contributed by atoms with Crippen LogP contribution in [0.1, 0.15) is 25.5 Å². The molecule has 0 spiro atoms. The summed E-state index contributed by atoms with van der Waals surface area (Å²) in [5.74, 6) is 0.0299. The van der Waals surface area contributed by atoms with Crippen LogP contribution >= 0.6 is 23.2 Å². The van der Waals surface area contributed by atoms with Gasteiger partial charge in [-0.1, -0.05) is 29.3 Å². The molecule has 0 aliphatic rings. The van der Waals surface area contributed by atoms with Crippen molar-refractivity contribution in [3.05, 3.63) is 68.2 Å². The summed E-state index contributed by atoms with van der Waals surface area (Å²) < 4.78 is 5.51. The molecule has 0 heterocycles. The van der Waals surface area contributed by atoms with Gasteiger partial charge in [0.1, 0.15) is 5.75 Å². The lowest BCUT2D eigenvalue weighted by atomic mass is 10.1. The van der Waals surface area contributed by atoms with E-state index in [1.54, 1.807) is 32.0 Å². The number of benzene rings is 2. The molecule has 0 aliphatic carbocycles. The van der Waals surface area contributed by atoms with Crippen LogP contribution in [0.15, 0.2) is 42.5 Å². The number of carbonyl (C=O) groups excluding carboxylic acids is 1. The van der Waals surface area contributed by atoms with Crippen LogP contribution in [0.2, 0.25) is 10.0 Å². The molecule has 1 N–H and O–H groups in total. The maximum absolute atomic E-state index is 12.3. The third kappa shape index (κ3) is 5.08. The number of nitro benzene ring substituents is 1. The van der Waals surface area contributed by atoms with E-state index in [4.69, 9.17) is 27.9 Å². The number of halogens is 2. The molecule has 2 atom stereocenters. The topological polar surface area (TPSA) is 81.5 Å². The lowest BCUT2D eigenvalue weighted by Gasteiger charge is -2.20. The minimum absolute atomic E-state index is 0.0459. The van der Waals surface area contributed by atoms with Crippen LogP contribution in [0.3, 0.4) is 0 Å². The fourth-order valence-corrected chi connectivity index (χ4v) is 2.74. The van der Waals surface area contributed by atoms with E-state index in [9.17, 15) is 14.9 Å². The second-order valence-electron chi connectivity index (χ2n) is 5.41. The molecule has 6 nitrogen and oxygen atoms in total. The van der Waals surface area contributed by atoms with Crippen molar-refractivity contribution in [3.8, 4) is 5.75 Å². The van der Waals surface area contributed by atoms with Crippen molar-refractivity contribution < 1.29 is 14.5 Å². The molecule has 2 rings (SSSR count). The Balaban J connectivity index is 1.98. The Morgan fingerprint density at radius 1 is 1.16 bits per heavy atom. The van der Waals surface area contributed by atoms with Gasteiger partial charge >= 0.3 is 0 Å². The van der Waals surface area contributed by atoms with Crippen molar-refractivity contribution in [2.24, 2.45) is 0 Å². The number of nitrogens with zero attached hydrogens (tertiary/aromatic N) is 1. The summed E-state index contributed by atoms with van der Waals surface area (Å²) in [6, 6.07) is 10.2. The van der Waals surface area contributed by atoms with Crippen LogP contribution < -0.4 is 10.1 Å². The van der Waals surface area contributed by atoms with Crippen molar-refractivity contribution >= 4 is 34.8 Å². The SMILES string of the molecule is C[C@H](Oc1ccc([N+](=O)[O-])cc1)C(=O)N[C@@H](C)c1ccc(Cl)cc1Cl. The van der Waals surface area contributed by atoms with Crippen LogP contribution in [0, 0.1) is 10.1 Å². The van der Waals surface area contributed by atoms with Gasteiger partial charge in [-0.3, -0.25) is 14.9 Å². The van der Waals surface area contributed by atoms with Gasteiger partial charge in [-0.05, 0) is 43.7 Å². The molecular weight excluding hydrogens is 367 g/mol. The number of hydrogen-bond donors (Lipinski definition) is 1. The Morgan fingerprint density at radius 3 is 2.36 bits per heavy atom. The lowest BCUT2D eigenvalue weighted by Crippen LogP contribution is -2.37. The van der Waals surface area contributed by atoms with E-state index in [0.29, 0.717) is 15.8 Å². The third-order valence-electron chi connectivity index (χ3n) is 3.52. The smallest absolute Gasteiger partial charge is 0.269 e. The monoisotopic (exact) mass is 382 g/mol. The van der Waals surface area contributed by atoms with Gasteiger partial charge in [0.25, 0.3) is 11.6 Å². The third-order valence-corrected chi connectivity index (χ3v) is 4.08. The maximum Gasteiger partial charge on any atom is 0.269 e. The highest BCUT2D eigenvalue weighted by molar-refractivity contribution is 6.35. The molecular formula is C17H16Cl2N2O4. The summed E-state index contributed by atoms with van der Waals surface area (Å²) in [6.07, 6.45) is -0.782. The van der Waals surface area contributed by atoms with E-state index in [0.717, 1.165) is 5.56 Å². The Kier molecular flexibility index (Phi) is 6.22. The minimum atomic E-state index is -0.782. The summed E-state index contributed by atoms with van der Waals surface area (Å²) in [5.41, 5.74) is 0.692. The second-order valence-corrected chi connectivity index (χ2v) is 6.25. The molecule has 0 aliphatic heterocycles. The fraction of sp³-hybridized carbons (Fsp3) is 0.235. The van der Waals surface area contributed by atoms with Gasteiger partial charge < -0.3 is 10.1 Å². The molecule has 0 aromatic heterocycles. The number of ether oxygens (including phenoxy) is 1. The van der Waals surface area contributed by atoms with E-state index in [-0.39, 0.29) is 17.6 Å². The number of non-ortho nitro benzene ring substituents is 1. The van der Waals surface area contributed by atoms with Crippen molar-refractivity contribution in [1.82, 2.24) is 5.32 Å². The van der Waals surface area contributed by atoms with Gasteiger partial charge in [-0.25, -0.2) is 0 Å². The van der Waals surface area contributed by atoms with Gasteiger partial charge in [0.15, 0.2) is 6.10 Å². The van der Waals surface area contributed by atoms with Crippen LogP contribution in [0.5, 0.6) is 5.75 Å². The Morgan fingerprint density at radius 2 is 1.80 bits per heavy atom. The molecule has 0 unspecified atom stereocenters. The van der Waals surface area contributed by atoms with Crippen LogP contribution in [-0.4, -0.2) is 16.9 Å². The van der Waals surface area contributed by atoms with E-state index in [2.05, 4.69) is 5.32 Å². The predicted molar refractivity (Wildman–Crippen MR) is 96.2 cm³/mol. The molecule has 2 aromatic carbocycles. The van der Waals surface area contributed by atoms with Gasteiger partial charge in [0.2, 0.25) is 0 Å². The quantitative estimate of drug-likeness (QED) is 0.586. The number of nitrogens with one attached hydrogen (secondary N) is 1. The van der Waals surface area contributed by atoms with Gasteiger partial charge in [0.05, 0.1) is 11.0 Å². The number of nitro groups is 1. The zero-order valence-electron chi connectivity index (χ0n) is 13.5. The normalized spacial score (nSPS) is 13.0. The average molecular weight is 383 g/mol. The summed E-state index contributed by atoms with van der Waals surface area (Å²) in [6.45, 7) is 3.39. The first-order chi connectivity index (χ1) is 11.8. The van der Waals surface area contributed by atoms with Gasteiger partial charge in [-0.15, -0.1) is 0 Å². The maximum atomic E-state index is 12.3. The summed E-state index contributed by atoms with van der Waals surface area (Å²) >= 11 is 12.0. The Labute approximate surface area is 154 Å². The molecule has 132 valence electrons. The molecule has 0 radical (unpaired) electrons. The number of rotatable bonds is 6. The van der Waals surface area contributed by atoms with Crippen LogP contribution in [0.4, 0.5) is 5.69 Å². The van der Waals surface area contributed by atoms with Crippen LogP contribution in [-0.2, 0) is 4.79 Å². The molecule has 1 amide bonds. The Bertz CT molecular complexity index is 781. The largest absolute Gasteiger partial charge is 0.481 e. The number of amides is 1. The van der Waals surface area contributed by atoms with E-state index >= 15 is 0 Å². The summed E-state index contributed by atoms with van der Waals surface area (Å²) in [5, 5.41) is 14.4. The zero-order valence-corrected chi connectivity index (χ0v) is 15.0. The highest BCUT2D eigenvalue weighted by Crippen LogP contribution is 2.26. The standard InChI is InChI=1S/C17H16Cl2N2O4/c1-10(15-8-3-12(18)9-16(15)19)20-17(22)11(2)25-14-6-4-13(5-7-14)21(23)24/h3-11H,1-2H3,(H,20,22)/t10-,11-/m0/s1. The zero-order chi connectivity index (χ0) is 18.6. The first kappa shape index (κ1) is 19.0. The Hall–Kier alpha value is -2.31. The number of hydrogen-bond acceptors (Lipinski definition) is 4. The highest BCUT2D eigenvalue weighted by Gasteiger charge is 2.19.